The predicted molar refractivity (Wildman–Crippen MR) is 251 cm³/mol. The molecule has 0 N–H and O–H groups in total. The molecule has 0 fully saturated rings. The summed E-state index contributed by atoms with van der Waals surface area (Å²) in [6.45, 7) is 0. The Morgan fingerprint density at radius 1 is 0.250 bits per heavy atom. The minimum Gasteiger partial charge on any atom is -0.310 e. The van der Waals surface area contributed by atoms with Gasteiger partial charge in [0.1, 0.15) is 0 Å². The minimum atomic E-state index is -0.503. The summed E-state index contributed by atoms with van der Waals surface area (Å²) in [5, 5.41) is 2.53. The molecule has 0 unspecified atom stereocenters. The highest BCUT2D eigenvalue weighted by atomic mass is 15.1. The van der Waals surface area contributed by atoms with Gasteiger partial charge in [-0.15, -0.1) is 0 Å². The van der Waals surface area contributed by atoms with Crippen LogP contribution in [0.2, 0.25) is 0 Å². The summed E-state index contributed by atoms with van der Waals surface area (Å²) in [4.78, 5) is 2.41. The van der Waals surface area contributed by atoms with E-state index in [0.717, 1.165) is 17.1 Å². The Labute approximate surface area is 351 Å². The Morgan fingerprint density at radius 2 is 0.717 bits per heavy atom. The van der Waals surface area contributed by atoms with Gasteiger partial charge >= 0.3 is 0 Å². The molecule has 2 aliphatic rings. The standard InChI is InChI=1S/C59H39N/c1-3-15-40(16-4-1)41-29-32-47(33-30-41)60(46-21-5-2-6-22-46)48-34-36-54-53-35-31-44(43-19-13-20-45(37-43)50-26-14-18-42-17-7-8-23-49(42)50)38-57(53)59(58(54)39-48)55-27-11-9-24-51(55)52-25-10-12-28-56(52)59/h1-39H. The lowest BCUT2D eigenvalue weighted by Crippen LogP contribution is -2.26. The molecule has 12 rings (SSSR count). The monoisotopic (exact) mass is 761 g/mol. The lowest BCUT2D eigenvalue weighted by Gasteiger charge is -2.32. The zero-order valence-corrected chi connectivity index (χ0v) is 33.0. The third kappa shape index (κ3) is 5.19. The number of anilines is 3. The molecule has 10 aromatic carbocycles. The molecule has 0 saturated heterocycles. The van der Waals surface area contributed by atoms with E-state index in [2.05, 4.69) is 241 Å². The Hall–Kier alpha value is -7.74. The van der Waals surface area contributed by atoms with Crippen molar-refractivity contribution >= 4 is 27.8 Å². The number of hydrogen-bond acceptors (Lipinski definition) is 1. The first-order valence-corrected chi connectivity index (χ1v) is 20.8. The molecule has 0 radical (unpaired) electrons. The first kappa shape index (κ1) is 34.3. The summed E-state index contributed by atoms with van der Waals surface area (Å²) in [7, 11) is 0. The van der Waals surface area contributed by atoms with Gasteiger partial charge in [-0.1, -0.05) is 188 Å². The molecule has 0 heterocycles. The molecule has 2 aliphatic carbocycles. The van der Waals surface area contributed by atoms with Crippen LogP contribution in [0.1, 0.15) is 22.3 Å². The van der Waals surface area contributed by atoms with Gasteiger partial charge < -0.3 is 4.90 Å². The number of hydrogen-bond donors (Lipinski definition) is 0. The Morgan fingerprint density at radius 3 is 1.48 bits per heavy atom. The van der Waals surface area contributed by atoms with Crippen molar-refractivity contribution in [3.8, 4) is 55.6 Å². The summed E-state index contributed by atoms with van der Waals surface area (Å²) in [5.74, 6) is 0. The van der Waals surface area contributed by atoms with Gasteiger partial charge in [0.15, 0.2) is 0 Å². The number of nitrogens with zero attached hydrogens (tertiary/aromatic N) is 1. The molecule has 1 heteroatoms. The van der Waals surface area contributed by atoms with Gasteiger partial charge in [-0.3, -0.25) is 0 Å². The van der Waals surface area contributed by atoms with Crippen LogP contribution in [0, 0.1) is 0 Å². The van der Waals surface area contributed by atoms with Crippen LogP contribution in [-0.2, 0) is 5.41 Å². The van der Waals surface area contributed by atoms with Gasteiger partial charge in [0.2, 0.25) is 0 Å². The lowest BCUT2D eigenvalue weighted by atomic mass is 9.70. The maximum absolute atomic E-state index is 2.49. The van der Waals surface area contributed by atoms with Crippen LogP contribution in [0.15, 0.2) is 237 Å². The van der Waals surface area contributed by atoms with E-state index in [4.69, 9.17) is 0 Å². The van der Waals surface area contributed by atoms with Crippen LogP contribution in [-0.4, -0.2) is 0 Å². The van der Waals surface area contributed by atoms with Gasteiger partial charge in [0.25, 0.3) is 0 Å². The molecular weight excluding hydrogens is 723 g/mol. The fraction of sp³-hybridized carbons (Fsp3) is 0.0169. The number of benzene rings is 10. The van der Waals surface area contributed by atoms with Crippen molar-refractivity contribution in [3.05, 3.63) is 259 Å². The molecule has 280 valence electrons. The van der Waals surface area contributed by atoms with E-state index < -0.39 is 5.41 Å². The highest BCUT2D eigenvalue weighted by Crippen LogP contribution is 2.63. The molecule has 0 amide bonds. The fourth-order valence-corrected chi connectivity index (χ4v) is 10.2. The first-order chi connectivity index (χ1) is 29.8. The summed E-state index contributed by atoms with van der Waals surface area (Å²) in [6, 6.07) is 87.3. The molecule has 0 atom stereocenters. The predicted octanol–water partition coefficient (Wildman–Crippen LogP) is 15.7. The molecule has 1 nitrogen and oxygen atoms in total. The molecule has 10 aromatic rings. The summed E-state index contributed by atoms with van der Waals surface area (Å²) >= 11 is 0. The Kier molecular flexibility index (Phi) is 7.83. The van der Waals surface area contributed by atoms with Crippen LogP contribution < -0.4 is 4.90 Å². The zero-order chi connectivity index (χ0) is 39.6. The minimum absolute atomic E-state index is 0.503. The van der Waals surface area contributed by atoms with Crippen LogP contribution in [0.3, 0.4) is 0 Å². The average molecular weight is 762 g/mol. The van der Waals surface area contributed by atoms with E-state index in [0.29, 0.717) is 0 Å². The van der Waals surface area contributed by atoms with Gasteiger partial charge in [-0.25, -0.2) is 0 Å². The summed E-state index contributed by atoms with van der Waals surface area (Å²) in [5.41, 5.74) is 20.7. The zero-order valence-electron chi connectivity index (χ0n) is 33.0. The van der Waals surface area contributed by atoms with E-state index in [-0.39, 0.29) is 0 Å². The van der Waals surface area contributed by atoms with Gasteiger partial charge in [-0.05, 0) is 137 Å². The second kappa shape index (κ2) is 13.7. The lowest BCUT2D eigenvalue weighted by molar-refractivity contribution is 0.794. The third-order valence-corrected chi connectivity index (χ3v) is 12.9. The van der Waals surface area contributed by atoms with E-state index in [1.807, 2.05) is 0 Å². The SMILES string of the molecule is c1ccc(-c2ccc(N(c3ccccc3)c3ccc4c(c3)C3(c5ccccc5-c5ccccc53)c3cc(-c5cccc(-c6cccc7ccccc67)c5)ccc3-4)cc2)cc1. The van der Waals surface area contributed by atoms with E-state index in [9.17, 15) is 0 Å². The highest BCUT2D eigenvalue weighted by molar-refractivity contribution is 5.99. The maximum Gasteiger partial charge on any atom is 0.0726 e. The maximum atomic E-state index is 2.49. The number of para-hydroxylation sites is 1. The van der Waals surface area contributed by atoms with Gasteiger partial charge in [-0.2, -0.15) is 0 Å². The smallest absolute Gasteiger partial charge is 0.0726 e. The Balaban J connectivity index is 1.06. The molecule has 0 saturated carbocycles. The topological polar surface area (TPSA) is 3.24 Å². The van der Waals surface area contributed by atoms with Crippen LogP contribution in [0.5, 0.6) is 0 Å². The second-order valence-corrected chi connectivity index (χ2v) is 16.0. The van der Waals surface area contributed by atoms with Crippen molar-refractivity contribution < 1.29 is 0 Å². The van der Waals surface area contributed by atoms with Gasteiger partial charge in [0, 0.05) is 17.1 Å². The van der Waals surface area contributed by atoms with E-state index in [1.54, 1.807) is 0 Å². The summed E-state index contributed by atoms with van der Waals surface area (Å²) in [6.07, 6.45) is 0. The Bertz CT molecular complexity index is 3200. The quantitative estimate of drug-likeness (QED) is 0.163. The highest BCUT2D eigenvalue weighted by Gasteiger charge is 2.52. The second-order valence-electron chi connectivity index (χ2n) is 16.0. The normalized spacial score (nSPS) is 12.8. The van der Waals surface area contributed by atoms with Crippen molar-refractivity contribution in [2.75, 3.05) is 4.90 Å². The van der Waals surface area contributed by atoms with Crippen molar-refractivity contribution in [2.45, 2.75) is 5.41 Å². The molecule has 60 heavy (non-hydrogen) atoms. The third-order valence-electron chi connectivity index (χ3n) is 12.9. The van der Waals surface area contributed by atoms with Crippen LogP contribution in [0.25, 0.3) is 66.4 Å². The molecule has 0 aliphatic heterocycles. The van der Waals surface area contributed by atoms with E-state index in [1.165, 1.54) is 88.7 Å². The number of fused-ring (bicyclic) bond motifs is 11. The fourth-order valence-electron chi connectivity index (χ4n) is 10.2. The van der Waals surface area contributed by atoms with Crippen molar-refractivity contribution in [3.63, 3.8) is 0 Å². The average Bonchev–Trinajstić information content (AvgIpc) is 3.79. The largest absolute Gasteiger partial charge is 0.310 e. The van der Waals surface area contributed by atoms with Crippen LogP contribution >= 0.6 is 0 Å². The van der Waals surface area contributed by atoms with Crippen molar-refractivity contribution in [1.29, 1.82) is 0 Å². The molecular formula is C59H39N. The molecule has 0 bridgehead atoms. The molecule has 0 aromatic heterocycles. The van der Waals surface area contributed by atoms with Crippen molar-refractivity contribution in [2.24, 2.45) is 0 Å². The summed E-state index contributed by atoms with van der Waals surface area (Å²) < 4.78 is 0. The number of rotatable bonds is 6. The van der Waals surface area contributed by atoms with Gasteiger partial charge in [0.05, 0.1) is 5.41 Å². The first-order valence-electron chi connectivity index (χ1n) is 20.8. The van der Waals surface area contributed by atoms with Crippen molar-refractivity contribution in [1.82, 2.24) is 0 Å². The van der Waals surface area contributed by atoms with Crippen LogP contribution in [0.4, 0.5) is 17.1 Å². The van der Waals surface area contributed by atoms with E-state index >= 15 is 0 Å². The molecule has 1 spiro atoms.